The van der Waals surface area contributed by atoms with Crippen LogP contribution in [0.2, 0.25) is 5.02 Å². The van der Waals surface area contributed by atoms with Gasteiger partial charge in [-0.25, -0.2) is 9.78 Å². The summed E-state index contributed by atoms with van der Waals surface area (Å²) in [6.07, 6.45) is 1.45. The number of aromatic carboxylic acids is 1. The zero-order chi connectivity index (χ0) is 10.1. The van der Waals surface area contributed by atoms with Crippen molar-refractivity contribution in [2.75, 3.05) is 0 Å². The van der Waals surface area contributed by atoms with E-state index in [2.05, 4.69) is 25.5 Å². The molecule has 0 saturated heterocycles. The number of carboxylic acid groups (broad SMARTS) is 1. The summed E-state index contributed by atoms with van der Waals surface area (Å²) in [6.45, 7) is 2.22. The van der Waals surface area contributed by atoms with Crippen molar-refractivity contribution in [3.63, 3.8) is 0 Å². The Bertz CT molecular complexity index is 241. The average Bonchev–Trinajstić information content (AvgIpc) is 2.19. The topological polar surface area (TPSA) is 50.2 Å². The Labute approximate surface area is 91.5 Å². The zero-order valence-corrected chi connectivity index (χ0v) is 12.0. The molecule has 0 aliphatic heterocycles. The zero-order valence-electron chi connectivity index (χ0n) is 7.40. The van der Waals surface area contributed by atoms with Gasteiger partial charge in [0.15, 0.2) is 0 Å². The Morgan fingerprint density at radius 1 is 1.69 bits per heavy atom. The molecule has 0 aliphatic carbocycles. The van der Waals surface area contributed by atoms with Crippen LogP contribution in [-0.2, 0) is 15.2 Å². The molecule has 1 aromatic rings. The number of carboxylic acids is 1. The van der Waals surface area contributed by atoms with Crippen LogP contribution in [0.5, 0.6) is 0 Å². The molecule has 0 saturated carbocycles. The smallest absolute Gasteiger partial charge is 0.354 e. The summed E-state index contributed by atoms with van der Waals surface area (Å²) in [7, 11) is 0. The molecule has 0 atom stereocenters. The van der Waals surface area contributed by atoms with E-state index in [4.69, 9.17) is 5.11 Å². The van der Waals surface area contributed by atoms with Gasteiger partial charge in [-0.15, -0.1) is 0 Å². The molecule has 0 spiro atoms. The van der Waals surface area contributed by atoms with E-state index in [1.807, 2.05) is 0 Å². The number of pyridine rings is 1. The van der Waals surface area contributed by atoms with Crippen LogP contribution in [0.25, 0.3) is 0 Å². The quantitative estimate of drug-likeness (QED) is 0.854. The fourth-order valence-corrected chi connectivity index (χ4v) is 0.489. The van der Waals surface area contributed by atoms with Crippen LogP contribution in [0.15, 0.2) is 24.4 Å². The third-order valence-corrected chi connectivity index (χ3v) is 5.99. The van der Waals surface area contributed by atoms with Crippen molar-refractivity contribution in [2.24, 2.45) is 0 Å². The molecule has 0 amide bonds. The molecule has 0 radical (unpaired) electrons. The van der Waals surface area contributed by atoms with Gasteiger partial charge < -0.3 is 5.11 Å². The van der Waals surface area contributed by atoms with Gasteiger partial charge in [-0.3, -0.25) is 0 Å². The molecule has 5 heteroatoms. The molecule has 13 heavy (non-hydrogen) atoms. The number of carbonyl (C=O) groups is 1. The number of hydrogen-bond donors (Lipinski definition) is 1. The number of rotatable bonds is 2. The first-order chi connectivity index (χ1) is 6.22. The molecule has 1 rings (SSSR count). The maximum absolute atomic E-state index is 10.1. The Hall–Kier alpha value is -0.277. The first-order valence-corrected chi connectivity index (χ1v) is 13.0. The van der Waals surface area contributed by atoms with Crippen LogP contribution in [0.3, 0.4) is 0 Å². The molecule has 68 valence electrons. The summed E-state index contributed by atoms with van der Waals surface area (Å²) in [6, 6.07) is 4.76. The Morgan fingerprint density at radius 3 is 2.54 bits per heavy atom. The molecule has 0 unspecified atom stereocenters. The second kappa shape index (κ2) is 8.33. The van der Waals surface area contributed by atoms with E-state index in [0.29, 0.717) is 0 Å². The minimum atomic E-state index is -0.990. The summed E-state index contributed by atoms with van der Waals surface area (Å²) in [4.78, 5) is 13.7. The van der Waals surface area contributed by atoms with Gasteiger partial charge in [0.25, 0.3) is 0 Å². The van der Waals surface area contributed by atoms with Crippen molar-refractivity contribution in [2.45, 2.75) is 11.9 Å². The van der Waals surface area contributed by atoms with E-state index >= 15 is 0 Å². The summed E-state index contributed by atoms with van der Waals surface area (Å²) in [5.74, 6) is -0.990. The van der Waals surface area contributed by atoms with Crippen molar-refractivity contribution < 1.29 is 25.1 Å². The third-order valence-electron chi connectivity index (χ3n) is 1.07. The van der Waals surface area contributed by atoms with Crippen LogP contribution in [0.1, 0.15) is 17.4 Å². The van der Waals surface area contributed by atoms with E-state index in [0.717, 1.165) is 0 Å². The minimum Gasteiger partial charge on any atom is -0.477 e. The molecule has 0 fully saturated rings. The first-order valence-electron chi connectivity index (χ1n) is 3.92. The van der Waals surface area contributed by atoms with Gasteiger partial charge in [0, 0.05) is 6.20 Å². The van der Waals surface area contributed by atoms with Crippen molar-refractivity contribution >= 4 is 19.6 Å². The van der Waals surface area contributed by atoms with Crippen molar-refractivity contribution in [1.82, 2.24) is 4.98 Å². The van der Waals surface area contributed by atoms with Crippen molar-refractivity contribution in [1.29, 1.82) is 0 Å². The molecule has 1 aromatic heterocycles. The average molecular weight is 297 g/mol. The maximum atomic E-state index is 10.1. The summed E-state index contributed by atoms with van der Waals surface area (Å²) in [5, 5.41) is 9.75. The molecule has 1 N–H and O–H groups in total. The monoisotopic (exact) mass is 295 g/mol. The standard InChI is InChI=1S/C6H5NO2.C2H5.BrH.Zn/c8-6(9)5-3-1-2-4-7-5;1-2;;/h1-4H,(H,8,9);1H2,2H3;1H;/q;;;+1/p-1. The molecule has 1 heterocycles. The number of hydrogen-bond acceptors (Lipinski definition) is 2. The normalized spacial score (nSPS) is 7.85. The van der Waals surface area contributed by atoms with Crippen LogP contribution in [0, 0.1) is 0 Å². The minimum absolute atomic E-state index is 0.0764. The molecule has 3 nitrogen and oxygen atoms in total. The predicted octanol–water partition coefficient (Wildman–Crippen LogP) is 2.60. The van der Waals surface area contributed by atoms with E-state index in [-0.39, 0.29) is 20.9 Å². The predicted molar refractivity (Wildman–Crippen MR) is 50.6 cm³/mol. The molecule has 0 aromatic carbocycles. The molecule has 0 bridgehead atoms. The van der Waals surface area contributed by atoms with Crippen molar-refractivity contribution in [3.05, 3.63) is 30.1 Å². The van der Waals surface area contributed by atoms with Gasteiger partial charge >= 0.3 is 46.7 Å². The summed E-state index contributed by atoms with van der Waals surface area (Å²) >= 11 is 3.36. The van der Waals surface area contributed by atoms with Crippen molar-refractivity contribution in [3.8, 4) is 0 Å². The van der Waals surface area contributed by atoms with Crippen LogP contribution < -0.4 is 0 Å². The number of halogens is 1. The van der Waals surface area contributed by atoms with E-state index in [9.17, 15) is 4.79 Å². The van der Waals surface area contributed by atoms with Crippen LogP contribution in [-0.4, -0.2) is 16.1 Å². The SMILES string of the molecule is C[CH2][Zn][Br].O=C(O)c1ccccn1. The molecular weight excluding hydrogens is 287 g/mol. The van der Waals surface area contributed by atoms with Gasteiger partial charge in [0.05, 0.1) is 0 Å². The third kappa shape index (κ3) is 6.85. The summed E-state index contributed by atoms with van der Waals surface area (Å²) < 4.78 is 0. The van der Waals surface area contributed by atoms with Gasteiger partial charge in [0.1, 0.15) is 5.69 Å². The fourth-order valence-electron chi connectivity index (χ4n) is 0.489. The number of nitrogens with zero attached hydrogens (tertiary/aromatic N) is 1. The maximum Gasteiger partial charge on any atom is 0.354 e. The Kier molecular flexibility index (Phi) is 8.15. The largest absolute Gasteiger partial charge is 0.477 e. The fraction of sp³-hybridized carbons (Fsp3) is 0.250. The van der Waals surface area contributed by atoms with Gasteiger partial charge in [-0.05, 0) is 12.1 Å². The van der Waals surface area contributed by atoms with E-state index in [1.54, 1.807) is 12.1 Å². The van der Waals surface area contributed by atoms with E-state index in [1.165, 1.54) is 17.3 Å². The number of aromatic nitrogens is 1. The van der Waals surface area contributed by atoms with Gasteiger partial charge in [0.2, 0.25) is 0 Å². The molecule has 0 aliphatic rings. The first kappa shape index (κ1) is 12.7. The van der Waals surface area contributed by atoms with Gasteiger partial charge in [-0.1, -0.05) is 6.07 Å². The Balaban J connectivity index is 0.000000310. The van der Waals surface area contributed by atoms with Crippen LogP contribution in [0.4, 0.5) is 0 Å². The summed E-state index contributed by atoms with van der Waals surface area (Å²) in [5.41, 5.74) is 0.0810. The second-order valence-corrected chi connectivity index (χ2v) is 9.22. The van der Waals surface area contributed by atoms with Crippen LogP contribution >= 0.6 is 13.6 Å². The molecular formula is C8H10BrNO2Zn. The Morgan fingerprint density at radius 2 is 2.31 bits per heavy atom. The second-order valence-electron chi connectivity index (χ2n) is 2.21. The van der Waals surface area contributed by atoms with Gasteiger partial charge in [-0.2, -0.15) is 0 Å². The van der Waals surface area contributed by atoms with E-state index < -0.39 is 5.97 Å².